The Morgan fingerprint density at radius 2 is 0.644 bits per heavy atom. The molecule has 0 amide bonds. The molecule has 0 fully saturated rings. The molecule has 13 aromatic carbocycles. The summed E-state index contributed by atoms with van der Waals surface area (Å²) in [6.07, 6.45) is 0. The van der Waals surface area contributed by atoms with Gasteiger partial charge in [0.05, 0.1) is 5.69 Å². The van der Waals surface area contributed by atoms with Crippen molar-refractivity contribution < 1.29 is 4.42 Å². The number of rotatable bonds is 9. The second-order valence-electron chi connectivity index (χ2n) is 18.8. The maximum atomic E-state index is 6.40. The van der Waals surface area contributed by atoms with E-state index >= 15 is 0 Å². The summed E-state index contributed by atoms with van der Waals surface area (Å²) in [4.78, 5) is 4.74. The molecular weight excluding hydrogens is 885 g/mol. The lowest BCUT2D eigenvalue weighted by molar-refractivity contribution is 0.670. The predicted molar refractivity (Wildman–Crippen MR) is 309 cm³/mol. The molecule has 0 spiro atoms. The fourth-order valence-electron chi connectivity index (χ4n) is 11.1. The van der Waals surface area contributed by atoms with E-state index in [2.05, 4.69) is 277 Å². The molecule has 1 aromatic heterocycles. The number of nitrogens with zero attached hydrogens (tertiary/aromatic N) is 2. The molecular formula is C70H46N2O. The number of hydrogen-bond donors (Lipinski definition) is 0. The van der Waals surface area contributed by atoms with E-state index in [1.54, 1.807) is 0 Å². The largest absolute Gasteiger partial charge is 0.455 e. The molecule has 14 aromatic rings. The van der Waals surface area contributed by atoms with E-state index < -0.39 is 0 Å². The van der Waals surface area contributed by atoms with E-state index in [4.69, 9.17) is 4.42 Å². The van der Waals surface area contributed by atoms with Crippen LogP contribution in [0.1, 0.15) is 0 Å². The van der Waals surface area contributed by atoms with Crippen molar-refractivity contribution >= 4 is 99.2 Å². The van der Waals surface area contributed by atoms with Gasteiger partial charge in [-0.2, -0.15) is 0 Å². The van der Waals surface area contributed by atoms with E-state index in [0.717, 1.165) is 89.4 Å². The summed E-state index contributed by atoms with van der Waals surface area (Å²) in [6.45, 7) is 0. The van der Waals surface area contributed by atoms with Crippen molar-refractivity contribution in [2.45, 2.75) is 0 Å². The highest BCUT2D eigenvalue weighted by Gasteiger charge is 2.19. The number of fused-ring (bicyclic) bond motifs is 10. The van der Waals surface area contributed by atoms with Crippen molar-refractivity contribution in [3.63, 3.8) is 0 Å². The standard InChI is InChI=1S/C70H46N2O/c1-2-16-53(17-3-1)72(68-26-12-15-51-14-4-5-18-58(51)68)56-42-36-50(37-43-56)49-34-40-55(41-35-49)71(57-44-45-64-62-21-7-6-19-60(62)61-20-8-9-22-63(61)67(64)46-57)54-38-32-48(33-39-54)47-28-30-52(31-29-47)59-24-13-25-66-65-23-10-11-27-69(65)73-70(59)66/h1-46H. The first-order valence-electron chi connectivity index (χ1n) is 25.0. The van der Waals surface area contributed by atoms with Gasteiger partial charge in [-0.05, 0) is 138 Å². The van der Waals surface area contributed by atoms with E-state index in [0.29, 0.717) is 0 Å². The van der Waals surface area contributed by atoms with Gasteiger partial charge in [-0.15, -0.1) is 0 Å². The lowest BCUT2D eigenvalue weighted by Crippen LogP contribution is -2.10. The maximum absolute atomic E-state index is 6.40. The lowest BCUT2D eigenvalue weighted by atomic mass is 9.94. The summed E-state index contributed by atoms with van der Waals surface area (Å²) >= 11 is 0. The number of hydrogen-bond acceptors (Lipinski definition) is 3. The van der Waals surface area contributed by atoms with Gasteiger partial charge in [-0.3, -0.25) is 0 Å². The Morgan fingerprint density at radius 1 is 0.233 bits per heavy atom. The van der Waals surface area contributed by atoms with Crippen LogP contribution in [-0.4, -0.2) is 0 Å². The van der Waals surface area contributed by atoms with Gasteiger partial charge >= 0.3 is 0 Å². The fraction of sp³-hybridized carbons (Fsp3) is 0. The molecule has 0 radical (unpaired) electrons. The lowest BCUT2D eigenvalue weighted by Gasteiger charge is -2.27. The predicted octanol–water partition coefficient (Wildman–Crippen LogP) is 20.1. The first kappa shape index (κ1) is 42.2. The van der Waals surface area contributed by atoms with E-state index in [1.165, 1.54) is 43.1 Å². The average molecular weight is 931 g/mol. The van der Waals surface area contributed by atoms with Gasteiger partial charge in [0.2, 0.25) is 0 Å². The molecule has 0 saturated carbocycles. The van der Waals surface area contributed by atoms with Crippen LogP contribution in [-0.2, 0) is 0 Å². The topological polar surface area (TPSA) is 19.6 Å². The first-order valence-corrected chi connectivity index (χ1v) is 25.0. The fourth-order valence-corrected chi connectivity index (χ4v) is 11.1. The molecule has 0 aliphatic heterocycles. The highest BCUT2D eigenvalue weighted by molar-refractivity contribution is 6.26. The Hall–Kier alpha value is -9.70. The molecule has 14 rings (SSSR count). The van der Waals surface area contributed by atoms with Gasteiger partial charge in [0, 0.05) is 50.2 Å². The van der Waals surface area contributed by atoms with Crippen LogP contribution in [0.5, 0.6) is 0 Å². The summed E-state index contributed by atoms with van der Waals surface area (Å²) < 4.78 is 6.40. The Morgan fingerprint density at radius 3 is 1.26 bits per heavy atom. The number of para-hydroxylation sites is 3. The zero-order valence-corrected chi connectivity index (χ0v) is 39.9. The Labute approximate surface area is 423 Å². The molecule has 342 valence electrons. The van der Waals surface area contributed by atoms with Crippen molar-refractivity contribution in [1.29, 1.82) is 0 Å². The molecule has 0 aliphatic carbocycles. The Bertz CT molecular complexity index is 4310. The van der Waals surface area contributed by atoms with Crippen molar-refractivity contribution in [1.82, 2.24) is 0 Å². The molecule has 0 aliphatic rings. The van der Waals surface area contributed by atoms with Crippen LogP contribution in [0.4, 0.5) is 34.1 Å². The van der Waals surface area contributed by atoms with Crippen LogP contribution in [0.3, 0.4) is 0 Å². The second-order valence-corrected chi connectivity index (χ2v) is 18.8. The van der Waals surface area contributed by atoms with Crippen molar-refractivity contribution in [2.24, 2.45) is 0 Å². The molecule has 0 N–H and O–H groups in total. The monoisotopic (exact) mass is 930 g/mol. The van der Waals surface area contributed by atoms with E-state index in [9.17, 15) is 0 Å². The van der Waals surface area contributed by atoms with Crippen LogP contribution < -0.4 is 9.80 Å². The smallest absolute Gasteiger partial charge is 0.143 e. The molecule has 73 heavy (non-hydrogen) atoms. The van der Waals surface area contributed by atoms with Crippen LogP contribution in [0.2, 0.25) is 0 Å². The summed E-state index contributed by atoms with van der Waals surface area (Å²) in [5, 5.41) is 12.2. The molecule has 0 bridgehead atoms. The zero-order chi connectivity index (χ0) is 48.2. The van der Waals surface area contributed by atoms with Gasteiger partial charge in [-0.1, -0.05) is 206 Å². The summed E-state index contributed by atoms with van der Waals surface area (Å²) in [5.41, 5.74) is 15.3. The minimum absolute atomic E-state index is 0.909. The van der Waals surface area contributed by atoms with Crippen molar-refractivity contribution in [3.8, 4) is 33.4 Å². The van der Waals surface area contributed by atoms with Gasteiger partial charge < -0.3 is 14.2 Å². The molecule has 3 heteroatoms. The minimum Gasteiger partial charge on any atom is -0.455 e. The van der Waals surface area contributed by atoms with Crippen LogP contribution in [0.15, 0.2) is 283 Å². The van der Waals surface area contributed by atoms with Gasteiger partial charge in [0.25, 0.3) is 0 Å². The molecule has 0 unspecified atom stereocenters. The van der Waals surface area contributed by atoms with Crippen molar-refractivity contribution in [2.75, 3.05) is 9.80 Å². The van der Waals surface area contributed by atoms with Crippen LogP contribution >= 0.6 is 0 Å². The normalized spacial score (nSPS) is 11.6. The highest BCUT2D eigenvalue weighted by Crippen LogP contribution is 2.44. The Kier molecular flexibility index (Phi) is 10.2. The van der Waals surface area contributed by atoms with Gasteiger partial charge in [-0.25, -0.2) is 0 Å². The third-order valence-corrected chi connectivity index (χ3v) is 14.7. The summed E-state index contributed by atoms with van der Waals surface area (Å²) in [7, 11) is 0. The molecule has 3 nitrogen and oxygen atoms in total. The first-order chi connectivity index (χ1) is 36.2. The minimum atomic E-state index is 0.909. The third-order valence-electron chi connectivity index (χ3n) is 14.7. The molecule has 0 saturated heterocycles. The molecule has 1 heterocycles. The number of anilines is 6. The number of furan rings is 1. The SMILES string of the molecule is c1ccc(N(c2ccc(-c3ccc(N(c4ccc(-c5ccc(-c6cccc7c6oc6ccccc67)cc5)cc4)c4ccc5c6ccccc6c6ccccc6c5c4)cc3)cc2)c2cccc3ccccc23)cc1. The van der Waals surface area contributed by atoms with Gasteiger partial charge in [0.15, 0.2) is 0 Å². The third kappa shape index (κ3) is 7.37. The summed E-state index contributed by atoms with van der Waals surface area (Å²) in [5.74, 6) is 0. The molecule has 0 atom stereocenters. The highest BCUT2D eigenvalue weighted by atomic mass is 16.3. The summed E-state index contributed by atoms with van der Waals surface area (Å²) in [6, 6.07) is 101. The zero-order valence-electron chi connectivity index (χ0n) is 39.9. The second kappa shape index (κ2) is 17.6. The van der Waals surface area contributed by atoms with Crippen LogP contribution in [0, 0.1) is 0 Å². The average Bonchev–Trinajstić information content (AvgIpc) is 3.86. The van der Waals surface area contributed by atoms with E-state index in [-0.39, 0.29) is 0 Å². The Balaban J connectivity index is 0.827. The quantitative estimate of drug-likeness (QED) is 0.135. The maximum Gasteiger partial charge on any atom is 0.143 e. The van der Waals surface area contributed by atoms with Gasteiger partial charge in [0.1, 0.15) is 11.2 Å². The van der Waals surface area contributed by atoms with Crippen LogP contribution in [0.25, 0.3) is 98.4 Å². The van der Waals surface area contributed by atoms with Crippen molar-refractivity contribution in [3.05, 3.63) is 279 Å². The number of benzene rings is 13. The van der Waals surface area contributed by atoms with E-state index in [1.807, 2.05) is 12.1 Å².